The van der Waals surface area contributed by atoms with Gasteiger partial charge in [-0.15, -0.1) is 0 Å². The minimum absolute atomic E-state index is 0.0718. The number of nitrogens with one attached hydrogen (secondary N) is 1. The van der Waals surface area contributed by atoms with E-state index in [0.29, 0.717) is 11.6 Å². The molecule has 0 spiro atoms. The Labute approximate surface area is 147 Å². The number of halogens is 3. The quantitative estimate of drug-likeness (QED) is 0.665. The minimum Gasteiger partial charge on any atom is -0.493 e. The molecule has 0 radical (unpaired) electrons. The van der Waals surface area contributed by atoms with Crippen LogP contribution >= 0.6 is 43.5 Å². The molecule has 0 aliphatic carbocycles. The van der Waals surface area contributed by atoms with Crippen LogP contribution in [0.2, 0.25) is 5.02 Å². The fourth-order valence-electron chi connectivity index (χ4n) is 2.19. The standard InChI is InChI=1S/C16H16Br2ClNO/c1-3-21-15-7-5-10(8-13(15)18)16(20-2)11-4-6-12(17)14(19)9-11/h4-9,16,20H,3H2,1-2H3. The van der Waals surface area contributed by atoms with Gasteiger partial charge < -0.3 is 10.1 Å². The van der Waals surface area contributed by atoms with Gasteiger partial charge in [0.15, 0.2) is 0 Å². The van der Waals surface area contributed by atoms with Crippen molar-refractivity contribution in [2.24, 2.45) is 0 Å². The van der Waals surface area contributed by atoms with Crippen molar-refractivity contribution in [3.05, 3.63) is 61.5 Å². The molecule has 0 bridgehead atoms. The number of ether oxygens (including phenoxy) is 1. The van der Waals surface area contributed by atoms with Gasteiger partial charge in [-0.25, -0.2) is 0 Å². The molecule has 0 aliphatic heterocycles. The predicted molar refractivity (Wildman–Crippen MR) is 95.4 cm³/mol. The van der Waals surface area contributed by atoms with E-state index in [0.717, 1.165) is 25.8 Å². The number of hydrogen-bond acceptors (Lipinski definition) is 2. The van der Waals surface area contributed by atoms with Gasteiger partial charge in [0.2, 0.25) is 0 Å². The second-order valence-corrected chi connectivity index (χ2v) is 6.63. The Morgan fingerprint density at radius 3 is 2.33 bits per heavy atom. The Morgan fingerprint density at radius 1 is 1.10 bits per heavy atom. The van der Waals surface area contributed by atoms with Crippen LogP contribution in [0.3, 0.4) is 0 Å². The summed E-state index contributed by atoms with van der Waals surface area (Å²) in [5, 5.41) is 4.03. The largest absolute Gasteiger partial charge is 0.493 e. The number of rotatable bonds is 5. The van der Waals surface area contributed by atoms with Crippen LogP contribution in [-0.2, 0) is 0 Å². The molecular formula is C16H16Br2ClNO. The fraction of sp³-hybridized carbons (Fsp3) is 0.250. The Morgan fingerprint density at radius 2 is 1.76 bits per heavy atom. The first-order valence-corrected chi connectivity index (χ1v) is 8.57. The van der Waals surface area contributed by atoms with Crippen molar-refractivity contribution in [1.29, 1.82) is 0 Å². The Kier molecular flexibility index (Phi) is 6.11. The topological polar surface area (TPSA) is 21.3 Å². The van der Waals surface area contributed by atoms with Crippen LogP contribution < -0.4 is 10.1 Å². The first kappa shape index (κ1) is 16.8. The van der Waals surface area contributed by atoms with Crippen LogP contribution in [0.15, 0.2) is 45.3 Å². The van der Waals surface area contributed by atoms with E-state index in [1.54, 1.807) is 0 Å². The van der Waals surface area contributed by atoms with Crippen molar-refractivity contribution in [3.63, 3.8) is 0 Å². The van der Waals surface area contributed by atoms with E-state index in [9.17, 15) is 0 Å². The molecular weight excluding hydrogens is 417 g/mol. The average molecular weight is 434 g/mol. The smallest absolute Gasteiger partial charge is 0.133 e. The van der Waals surface area contributed by atoms with Gasteiger partial charge in [-0.1, -0.05) is 23.7 Å². The van der Waals surface area contributed by atoms with Crippen LogP contribution in [0.1, 0.15) is 24.1 Å². The Hall–Kier alpha value is -0.550. The van der Waals surface area contributed by atoms with Gasteiger partial charge in [-0.05, 0) is 81.2 Å². The van der Waals surface area contributed by atoms with Gasteiger partial charge in [0, 0.05) is 4.47 Å². The first-order valence-electron chi connectivity index (χ1n) is 6.61. The van der Waals surface area contributed by atoms with Gasteiger partial charge in [-0.3, -0.25) is 0 Å². The average Bonchev–Trinajstić information content (AvgIpc) is 2.46. The Bertz CT molecular complexity index is 634. The molecule has 0 aliphatic rings. The van der Waals surface area contributed by atoms with Crippen molar-refractivity contribution >= 4 is 43.5 Å². The number of benzene rings is 2. The predicted octanol–water partition coefficient (Wildman–Crippen LogP) is 5.57. The van der Waals surface area contributed by atoms with E-state index in [-0.39, 0.29) is 6.04 Å². The lowest BCUT2D eigenvalue weighted by Crippen LogP contribution is -2.17. The van der Waals surface area contributed by atoms with Crippen LogP contribution in [0.25, 0.3) is 0 Å². The van der Waals surface area contributed by atoms with Gasteiger partial charge >= 0.3 is 0 Å². The molecule has 0 amide bonds. The molecule has 2 aromatic rings. The summed E-state index contributed by atoms with van der Waals surface area (Å²) in [5.74, 6) is 0.852. The maximum absolute atomic E-state index is 6.20. The van der Waals surface area contributed by atoms with Gasteiger partial charge in [-0.2, -0.15) is 0 Å². The molecule has 2 aromatic carbocycles. The molecule has 0 aromatic heterocycles. The zero-order valence-corrected chi connectivity index (χ0v) is 15.7. The van der Waals surface area contributed by atoms with Crippen molar-refractivity contribution < 1.29 is 4.74 Å². The van der Waals surface area contributed by atoms with E-state index in [4.69, 9.17) is 16.3 Å². The summed E-state index contributed by atoms with van der Waals surface area (Å²) < 4.78 is 7.40. The summed E-state index contributed by atoms with van der Waals surface area (Å²) in [6.07, 6.45) is 0. The lowest BCUT2D eigenvalue weighted by Gasteiger charge is -2.19. The summed E-state index contributed by atoms with van der Waals surface area (Å²) in [4.78, 5) is 0. The first-order chi connectivity index (χ1) is 10.1. The van der Waals surface area contributed by atoms with Crippen molar-refractivity contribution in [2.75, 3.05) is 13.7 Å². The summed E-state index contributed by atoms with van der Waals surface area (Å²) in [6.45, 7) is 2.62. The molecule has 2 nitrogen and oxygen atoms in total. The second kappa shape index (κ2) is 7.63. The third-order valence-corrected chi connectivity index (χ3v) is 5.01. The molecule has 1 unspecified atom stereocenters. The highest BCUT2D eigenvalue weighted by Crippen LogP contribution is 2.33. The summed E-state index contributed by atoms with van der Waals surface area (Å²) in [7, 11) is 1.94. The molecule has 0 fully saturated rings. The van der Waals surface area contributed by atoms with E-state index in [1.807, 2.05) is 32.2 Å². The van der Waals surface area contributed by atoms with Crippen LogP contribution in [0, 0.1) is 0 Å². The molecule has 5 heteroatoms. The van der Waals surface area contributed by atoms with Crippen molar-refractivity contribution in [2.45, 2.75) is 13.0 Å². The number of hydrogen-bond donors (Lipinski definition) is 1. The van der Waals surface area contributed by atoms with Gasteiger partial charge in [0.1, 0.15) is 5.75 Å². The summed E-state index contributed by atoms with van der Waals surface area (Å²) >= 11 is 13.2. The van der Waals surface area contributed by atoms with Gasteiger partial charge in [0.25, 0.3) is 0 Å². The molecule has 1 N–H and O–H groups in total. The molecule has 2 rings (SSSR count). The van der Waals surface area contributed by atoms with Gasteiger partial charge in [0.05, 0.1) is 22.1 Å². The van der Waals surface area contributed by atoms with Crippen LogP contribution in [0.5, 0.6) is 5.75 Å². The second-order valence-electron chi connectivity index (χ2n) is 4.52. The van der Waals surface area contributed by atoms with Crippen molar-refractivity contribution in [1.82, 2.24) is 5.32 Å². The molecule has 21 heavy (non-hydrogen) atoms. The highest BCUT2D eigenvalue weighted by molar-refractivity contribution is 9.10. The normalized spacial score (nSPS) is 12.2. The highest BCUT2D eigenvalue weighted by atomic mass is 79.9. The van der Waals surface area contributed by atoms with Crippen molar-refractivity contribution in [3.8, 4) is 5.75 Å². The molecule has 1 atom stereocenters. The molecule has 112 valence electrons. The lowest BCUT2D eigenvalue weighted by atomic mass is 9.99. The monoisotopic (exact) mass is 431 g/mol. The summed E-state index contributed by atoms with van der Waals surface area (Å²) in [5.41, 5.74) is 2.26. The van der Waals surface area contributed by atoms with Crippen LogP contribution in [-0.4, -0.2) is 13.7 Å². The Balaban J connectivity index is 2.36. The lowest BCUT2D eigenvalue weighted by molar-refractivity contribution is 0.338. The molecule has 0 heterocycles. The van der Waals surface area contributed by atoms with E-state index >= 15 is 0 Å². The third-order valence-electron chi connectivity index (χ3n) is 3.15. The maximum atomic E-state index is 6.20. The summed E-state index contributed by atoms with van der Waals surface area (Å²) in [6, 6.07) is 12.2. The molecule has 0 saturated heterocycles. The minimum atomic E-state index is 0.0718. The zero-order chi connectivity index (χ0) is 15.4. The third kappa shape index (κ3) is 4.01. The SMILES string of the molecule is CCOc1ccc(C(NC)c2ccc(Br)c(Cl)c2)cc1Br. The highest BCUT2D eigenvalue weighted by Gasteiger charge is 2.15. The zero-order valence-electron chi connectivity index (χ0n) is 11.8. The van der Waals surface area contributed by atoms with E-state index in [2.05, 4.69) is 55.4 Å². The van der Waals surface area contributed by atoms with E-state index < -0.39 is 0 Å². The van der Waals surface area contributed by atoms with Crippen LogP contribution in [0.4, 0.5) is 0 Å². The van der Waals surface area contributed by atoms with E-state index in [1.165, 1.54) is 0 Å². The fourth-order valence-corrected chi connectivity index (χ4v) is 3.13. The molecule has 0 saturated carbocycles. The maximum Gasteiger partial charge on any atom is 0.133 e.